The van der Waals surface area contributed by atoms with Crippen molar-refractivity contribution in [2.45, 2.75) is 32.4 Å². The molecule has 1 N–H and O–H groups in total. The van der Waals surface area contributed by atoms with Gasteiger partial charge in [0.2, 0.25) is 0 Å². The number of hydrogen-bond acceptors (Lipinski definition) is 3. The van der Waals surface area contributed by atoms with E-state index in [0.717, 1.165) is 30.9 Å². The molecule has 2 rings (SSSR count). The van der Waals surface area contributed by atoms with Gasteiger partial charge < -0.3 is 14.8 Å². The van der Waals surface area contributed by atoms with Crippen molar-refractivity contribution in [3.8, 4) is 5.75 Å². The van der Waals surface area contributed by atoms with E-state index in [9.17, 15) is 0 Å². The predicted octanol–water partition coefficient (Wildman–Crippen LogP) is 2.79. The van der Waals surface area contributed by atoms with E-state index in [1.54, 1.807) is 0 Å². The molecule has 0 amide bonds. The van der Waals surface area contributed by atoms with Crippen LogP contribution >= 0.6 is 11.6 Å². The molecule has 2 unspecified atom stereocenters. The second-order valence-corrected chi connectivity index (χ2v) is 5.03. The van der Waals surface area contributed by atoms with E-state index in [1.807, 2.05) is 25.1 Å². The van der Waals surface area contributed by atoms with Crippen LogP contribution in [0.15, 0.2) is 18.2 Å². The van der Waals surface area contributed by atoms with E-state index in [2.05, 4.69) is 12.2 Å². The van der Waals surface area contributed by atoms with E-state index in [4.69, 9.17) is 21.1 Å². The van der Waals surface area contributed by atoms with Gasteiger partial charge in [-0.05, 0) is 37.6 Å². The Morgan fingerprint density at radius 2 is 2.33 bits per heavy atom. The molecule has 0 bridgehead atoms. The van der Waals surface area contributed by atoms with E-state index in [1.165, 1.54) is 0 Å². The lowest BCUT2D eigenvalue weighted by atomic mass is 10.1. The van der Waals surface area contributed by atoms with Gasteiger partial charge >= 0.3 is 0 Å². The Labute approximate surface area is 113 Å². The van der Waals surface area contributed by atoms with Crippen LogP contribution in [0.25, 0.3) is 0 Å². The molecule has 3 nitrogen and oxygen atoms in total. The standard InChI is InChI=1S/C14H20ClNO2/c1-3-16-12-6-7-17-9-14(12)18-13-5-4-10(2)8-11(13)15/h4-5,8,12,14,16H,3,6-7,9H2,1-2H3. The number of ether oxygens (including phenoxy) is 2. The lowest BCUT2D eigenvalue weighted by Gasteiger charge is -2.32. The summed E-state index contributed by atoms with van der Waals surface area (Å²) in [6.07, 6.45) is 1.00. The van der Waals surface area contributed by atoms with Crippen molar-refractivity contribution >= 4 is 11.6 Å². The van der Waals surface area contributed by atoms with Crippen LogP contribution in [0.3, 0.4) is 0 Å². The van der Waals surface area contributed by atoms with Crippen molar-refractivity contribution < 1.29 is 9.47 Å². The molecular weight excluding hydrogens is 250 g/mol. The van der Waals surface area contributed by atoms with Crippen LogP contribution < -0.4 is 10.1 Å². The molecule has 0 aromatic heterocycles. The molecule has 1 aromatic rings. The molecule has 18 heavy (non-hydrogen) atoms. The fraction of sp³-hybridized carbons (Fsp3) is 0.571. The first kappa shape index (κ1) is 13.7. The molecule has 0 radical (unpaired) electrons. The van der Waals surface area contributed by atoms with Crippen molar-refractivity contribution in [2.24, 2.45) is 0 Å². The highest BCUT2D eigenvalue weighted by Gasteiger charge is 2.27. The average Bonchev–Trinajstić information content (AvgIpc) is 2.35. The minimum absolute atomic E-state index is 0.0268. The third-order valence-corrected chi connectivity index (χ3v) is 3.43. The quantitative estimate of drug-likeness (QED) is 0.912. The van der Waals surface area contributed by atoms with E-state index in [-0.39, 0.29) is 6.10 Å². The minimum Gasteiger partial charge on any atom is -0.485 e. The summed E-state index contributed by atoms with van der Waals surface area (Å²) < 4.78 is 11.5. The summed E-state index contributed by atoms with van der Waals surface area (Å²) in [4.78, 5) is 0. The average molecular weight is 270 g/mol. The molecule has 0 aliphatic carbocycles. The summed E-state index contributed by atoms with van der Waals surface area (Å²) in [6.45, 7) is 6.46. The first-order chi connectivity index (χ1) is 8.70. The highest BCUT2D eigenvalue weighted by Crippen LogP contribution is 2.27. The number of nitrogens with one attached hydrogen (secondary N) is 1. The molecule has 1 aliphatic rings. The van der Waals surface area contributed by atoms with Crippen LogP contribution in [0.5, 0.6) is 5.75 Å². The van der Waals surface area contributed by atoms with Gasteiger partial charge in [-0.15, -0.1) is 0 Å². The summed E-state index contributed by atoms with van der Waals surface area (Å²) in [5, 5.41) is 4.10. The van der Waals surface area contributed by atoms with Gasteiger partial charge in [-0.25, -0.2) is 0 Å². The van der Waals surface area contributed by atoms with Gasteiger partial charge in [0, 0.05) is 12.6 Å². The number of halogens is 1. The topological polar surface area (TPSA) is 30.5 Å². The highest BCUT2D eigenvalue weighted by molar-refractivity contribution is 6.32. The predicted molar refractivity (Wildman–Crippen MR) is 73.5 cm³/mol. The molecular formula is C14H20ClNO2. The van der Waals surface area contributed by atoms with Gasteiger partial charge in [-0.1, -0.05) is 24.6 Å². The van der Waals surface area contributed by atoms with Crippen molar-refractivity contribution in [1.82, 2.24) is 5.32 Å². The van der Waals surface area contributed by atoms with Gasteiger partial charge in [0.1, 0.15) is 11.9 Å². The van der Waals surface area contributed by atoms with E-state index < -0.39 is 0 Å². The third-order valence-electron chi connectivity index (χ3n) is 3.14. The Hall–Kier alpha value is -0.770. The van der Waals surface area contributed by atoms with Crippen LogP contribution in [0.2, 0.25) is 5.02 Å². The first-order valence-corrected chi connectivity index (χ1v) is 6.82. The van der Waals surface area contributed by atoms with Gasteiger partial charge in [-0.2, -0.15) is 0 Å². The zero-order valence-corrected chi connectivity index (χ0v) is 11.7. The monoisotopic (exact) mass is 269 g/mol. The normalized spacial score (nSPS) is 23.9. The molecule has 1 saturated heterocycles. The largest absolute Gasteiger partial charge is 0.485 e. The molecule has 4 heteroatoms. The Kier molecular flexibility index (Phi) is 4.87. The summed E-state index contributed by atoms with van der Waals surface area (Å²) in [7, 11) is 0. The van der Waals surface area contributed by atoms with Crippen molar-refractivity contribution in [1.29, 1.82) is 0 Å². The number of hydrogen-bond donors (Lipinski definition) is 1. The molecule has 100 valence electrons. The molecule has 1 heterocycles. The van der Waals surface area contributed by atoms with E-state index in [0.29, 0.717) is 17.7 Å². The van der Waals surface area contributed by atoms with E-state index >= 15 is 0 Å². The van der Waals surface area contributed by atoms with Crippen LogP contribution in [0.4, 0.5) is 0 Å². The van der Waals surface area contributed by atoms with Crippen LogP contribution in [0, 0.1) is 6.92 Å². The van der Waals surface area contributed by atoms with Crippen LogP contribution in [-0.2, 0) is 4.74 Å². The van der Waals surface area contributed by atoms with Crippen LogP contribution in [0.1, 0.15) is 18.9 Å². The Morgan fingerprint density at radius 3 is 3.06 bits per heavy atom. The second kappa shape index (κ2) is 6.41. The van der Waals surface area contributed by atoms with Gasteiger partial charge in [0.15, 0.2) is 0 Å². The molecule has 1 aromatic carbocycles. The minimum atomic E-state index is 0.0268. The Morgan fingerprint density at radius 1 is 1.50 bits per heavy atom. The fourth-order valence-electron chi connectivity index (χ4n) is 2.19. The molecule has 0 spiro atoms. The Balaban J connectivity index is 2.06. The molecule has 0 saturated carbocycles. The van der Waals surface area contributed by atoms with Gasteiger partial charge in [0.25, 0.3) is 0 Å². The fourth-order valence-corrected chi connectivity index (χ4v) is 2.47. The lowest BCUT2D eigenvalue weighted by Crippen LogP contribution is -2.49. The van der Waals surface area contributed by atoms with Gasteiger partial charge in [-0.3, -0.25) is 0 Å². The number of benzene rings is 1. The zero-order chi connectivity index (χ0) is 13.0. The van der Waals surface area contributed by atoms with Crippen molar-refractivity contribution in [3.63, 3.8) is 0 Å². The Bertz CT molecular complexity index is 395. The third kappa shape index (κ3) is 3.37. The van der Waals surface area contributed by atoms with Crippen molar-refractivity contribution in [3.05, 3.63) is 28.8 Å². The zero-order valence-electron chi connectivity index (χ0n) is 10.9. The maximum Gasteiger partial charge on any atom is 0.138 e. The molecule has 1 fully saturated rings. The highest BCUT2D eigenvalue weighted by atomic mass is 35.5. The van der Waals surface area contributed by atoms with Crippen molar-refractivity contribution in [2.75, 3.05) is 19.8 Å². The number of rotatable bonds is 4. The molecule has 1 aliphatic heterocycles. The second-order valence-electron chi connectivity index (χ2n) is 4.62. The maximum atomic E-state index is 6.19. The maximum absolute atomic E-state index is 6.19. The summed E-state index contributed by atoms with van der Waals surface area (Å²) >= 11 is 6.19. The smallest absolute Gasteiger partial charge is 0.138 e. The SMILES string of the molecule is CCNC1CCOCC1Oc1ccc(C)cc1Cl. The number of aryl methyl sites for hydroxylation is 1. The van der Waals surface area contributed by atoms with Gasteiger partial charge in [0.05, 0.1) is 11.6 Å². The summed E-state index contributed by atoms with van der Waals surface area (Å²) in [5.74, 6) is 0.737. The molecule has 2 atom stereocenters. The summed E-state index contributed by atoms with van der Waals surface area (Å²) in [5.41, 5.74) is 1.13. The van der Waals surface area contributed by atoms with Crippen LogP contribution in [-0.4, -0.2) is 31.9 Å². The summed E-state index contributed by atoms with van der Waals surface area (Å²) in [6, 6.07) is 6.19. The number of likely N-dealkylation sites (N-methyl/N-ethyl adjacent to an activating group) is 1. The first-order valence-electron chi connectivity index (χ1n) is 6.44. The lowest BCUT2D eigenvalue weighted by molar-refractivity contribution is -0.0142.